The first kappa shape index (κ1) is 90.0. The molecule has 0 bridgehead atoms. The van der Waals surface area contributed by atoms with Crippen molar-refractivity contribution >= 4 is 53.0 Å². The maximum atomic E-state index is 9.70. The molecule has 0 saturated carbocycles. The molecule has 0 saturated heterocycles. The first-order valence-electron chi connectivity index (χ1n) is 13.7. The van der Waals surface area contributed by atoms with Crippen LogP contribution in [0.2, 0.25) is 0 Å². The van der Waals surface area contributed by atoms with Crippen LogP contribution < -0.4 is 5.32 Å². The van der Waals surface area contributed by atoms with Gasteiger partial charge in [-0.25, -0.2) is 0 Å². The second-order valence-electron chi connectivity index (χ2n) is 7.15. The summed E-state index contributed by atoms with van der Waals surface area (Å²) >= 11 is 0. The quantitative estimate of drug-likeness (QED) is 0.210. The molecule has 0 atom stereocenters. The summed E-state index contributed by atoms with van der Waals surface area (Å²) in [6.07, 6.45) is 6.53. The van der Waals surface area contributed by atoms with Gasteiger partial charge in [0.2, 0.25) is 5.91 Å². The Kier molecular flexibility index (Phi) is 303. The molecule has 1 radical (unpaired) electrons. The van der Waals surface area contributed by atoms with E-state index in [1.807, 2.05) is 13.8 Å². The number of hydrogen-bond donors (Lipinski definition) is 2. The molecule has 0 heterocycles. The van der Waals surface area contributed by atoms with E-state index in [1.165, 1.54) is 94.4 Å². The van der Waals surface area contributed by atoms with Crippen LogP contribution in [0, 0.1) is 6.92 Å². The zero-order valence-electron chi connectivity index (χ0n) is 31.3. The van der Waals surface area contributed by atoms with Gasteiger partial charge in [0.05, 0.1) is 0 Å². The van der Waals surface area contributed by atoms with Gasteiger partial charge in [-0.1, -0.05) is 87.5 Å². The predicted octanol–water partition coefficient (Wildman–Crippen LogP) is 9.97. The smallest absolute Gasteiger partial charge is 0.216 e. The number of aliphatic hydroxyl groups is 1. The molecule has 0 aliphatic carbocycles. The molecule has 1 amide bonds. The van der Waals surface area contributed by atoms with E-state index in [2.05, 4.69) is 53.8 Å². The van der Waals surface area contributed by atoms with E-state index in [0.717, 1.165) is 7.11 Å². The minimum Gasteiger partial charge on any atom is -0.693 e. The van der Waals surface area contributed by atoms with Crippen LogP contribution in [0.15, 0.2) is 0 Å². The number of aliphatic hydroxyl groups excluding tert-OH is 1. The minimum absolute atomic E-state index is 0. The normalized spacial score (nSPS) is 5.71. The molecule has 41 heavy (non-hydrogen) atoms. The van der Waals surface area contributed by atoms with Crippen molar-refractivity contribution in [1.82, 2.24) is 5.32 Å². The Balaban J connectivity index is -0.0000000164. The molecule has 4 N–H and O–H groups in total. The topological polar surface area (TPSA) is 151 Å². The number of Topliss-reactive ketones (excluding diaryl/α,β-unsaturated/α-hetero) is 4. The fourth-order valence-electron chi connectivity index (χ4n) is 0. The number of nitrogens with two attached hydrogens (primary N) is 1. The molecule has 0 rings (SSSR count). The van der Waals surface area contributed by atoms with Gasteiger partial charge in [0.1, 0.15) is 23.1 Å². The van der Waals surface area contributed by atoms with E-state index in [0.29, 0.717) is 0 Å². The maximum absolute atomic E-state index is 9.70. The van der Waals surface area contributed by atoms with Gasteiger partial charge in [0.15, 0.2) is 0 Å². The van der Waals surface area contributed by atoms with E-state index in [9.17, 15) is 24.0 Å². The third-order valence-corrected chi connectivity index (χ3v) is 1.35. The third kappa shape index (κ3) is 3760. The fraction of sp³-hybridized carbons (Fsp3) is 0.806. The molecule has 8 nitrogen and oxygen atoms in total. The van der Waals surface area contributed by atoms with Gasteiger partial charge in [-0.05, 0) is 55.4 Å². The molecule has 0 spiro atoms. The number of hydrogen-bond acceptors (Lipinski definition) is 6. The number of ketones is 4. The molecule has 10 heteroatoms. The van der Waals surface area contributed by atoms with Crippen molar-refractivity contribution in [3.8, 4) is 0 Å². The van der Waals surface area contributed by atoms with Gasteiger partial charge < -0.3 is 42.7 Å². The minimum atomic E-state index is 0. The molecule has 0 aromatic rings. The summed E-state index contributed by atoms with van der Waals surface area (Å²) in [5.74, 6) is 0.671. The molecule has 0 unspecified atom stereocenters. The molecule has 0 fully saturated rings. The molecular weight excluding hydrogens is 712 g/mol. The van der Waals surface area contributed by atoms with Gasteiger partial charge >= 0.3 is 0 Å². The Hall–Kier alpha value is -0.0961. The first-order valence-corrected chi connectivity index (χ1v) is 13.7. The van der Waals surface area contributed by atoms with Crippen molar-refractivity contribution in [2.45, 2.75) is 157 Å². The van der Waals surface area contributed by atoms with Crippen molar-refractivity contribution in [3.05, 3.63) is 13.1 Å². The van der Waals surface area contributed by atoms with Gasteiger partial charge in [-0.3, -0.25) is 4.79 Å². The molecular formula is C31H77IN2O6Y-2. The van der Waals surface area contributed by atoms with Crippen LogP contribution in [0.3, 0.4) is 0 Å². The van der Waals surface area contributed by atoms with Crippen LogP contribution in [-0.4, -0.2) is 48.3 Å². The van der Waals surface area contributed by atoms with Gasteiger partial charge in [0.25, 0.3) is 0 Å². The number of carbonyl (C=O) groups is 5. The van der Waals surface area contributed by atoms with Crippen molar-refractivity contribution in [1.29, 1.82) is 0 Å². The van der Waals surface area contributed by atoms with Crippen molar-refractivity contribution in [3.63, 3.8) is 0 Å². The van der Waals surface area contributed by atoms with E-state index in [4.69, 9.17) is 5.11 Å². The standard InChI is InChI=1S/2C4H10.C3H7NO.4C3H6O.C3H8.C2H6.C2H5.CH4O.HI.H2N.Y/c2*1-3-4-2;1-3(5)4-2;4*1-3(2)4;1-3-2;3*1-2;;;/h2*3-4H2,1-2H3;1-2H3,(H,4,5);4*1-2H3;3H2,1-2H3;1-2H3;1H2,2H3;2H,1H3;1H;1H2;/q;;;;;;;;;-1;;;-1;. The summed E-state index contributed by atoms with van der Waals surface area (Å²) in [7, 11) is 2.60. The fourth-order valence-corrected chi connectivity index (χ4v) is 0. The van der Waals surface area contributed by atoms with Crippen LogP contribution in [0.5, 0.6) is 0 Å². The zero-order valence-corrected chi connectivity index (χ0v) is 36.5. The number of unbranched alkanes of at least 4 members (excludes halogenated alkanes) is 2. The molecule has 0 aliphatic rings. The number of carbonyl (C=O) groups excluding carboxylic acids is 5. The van der Waals surface area contributed by atoms with Gasteiger partial charge in [-0.2, -0.15) is 6.92 Å². The second-order valence-corrected chi connectivity index (χ2v) is 7.15. The number of nitrogens with one attached hydrogen (secondary N) is 1. The van der Waals surface area contributed by atoms with Gasteiger partial charge in [-0.15, -0.1) is 24.0 Å². The van der Waals surface area contributed by atoms with E-state index >= 15 is 0 Å². The monoisotopic (exact) mass is 789 g/mol. The Morgan fingerprint density at radius 2 is 0.585 bits per heavy atom. The third-order valence-electron chi connectivity index (χ3n) is 1.35. The van der Waals surface area contributed by atoms with Crippen LogP contribution in [-0.2, 0) is 56.7 Å². The summed E-state index contributed by atoms with van der Waals surface area (Å²) < 4.78 is 0. The summed E-state index contributed by atoms with van der Waals surface area (Å²) in [5.41, 5.74) is 0. The Labute approximate surface area is 302 Å². The Bertz CT molecular complexity index is 329. The largest absolute Gasteiger partial charge is 0.693 e. The zero-order chi connectivity index (χ0) is 34.1. The average Bonchev–Trinajstić information content (AvgIpc) is 2.82. The van der Waals surface area contributed by atoms with Gasteiger partial charge in [0, 0.05) is 53.8 Å². The maximum Gasteiger partial charge on any atom is 0.216 e. The van der Waals surface area contributed by atoms with Crippen LogP contribution in [0.25, 0.3) is 6.15 Å². The van der Waals surface area contributed by atoms with E-state index in [-0.39, 0.29) is 91.9 Å². The Morgan fingerprint density at radius 1 is 0.537 bits per heavy atom. The molecule has 0 aromatic heterocycles. The SMILES string of the molecule is CC.CC(C)=O.CC(C)=O.CC(C)=O.CC(C)=O.CCC.CCCC.CCCC.CNC(C)=O.CO.I.[CH2-]C.[NH2-].[Y]. The molecule has 0 aromatic carbocycles. The molecule has 259 valence electrons. The number of amides is 1. The summed E-state index contributed by atoms with van der Waals surface area (Å²) in [6.45, 7) is 35.7. The second kappa shape index (κ2) is 138. The number of rotatable bonds is 2. The first-order chi connectivity index (χ1) is 17.4. The Morgan fingerprint density at radius 3 is 0.585 bits per heavy atom. The molecule has 0 aliphatic heterocycles. The van der Waals surface area contributed by atoms with E-state index in [1.54, 1.807) is 14.0 Å². The summed E-state index contributed by atoms with van der Waals surface area (Å²) in [4.78, 5) is 47.5. The average molecular weight is 790 g/mol. The van der Waals surface area contributed by atoms with Crippen molar-refractivity contribution in [2.24, 2.45) is 0 Å². The van der Waals surface area contributed by atoms with Crippen molar-refractivity contribution in [2.75, 3.05) is 14.2 Å². The summed E-state index contributed by atoms with van der Waals surface area (Å²) in [6, 6.07) is 0. The summed E-state index contributed by atoms with van der Waals surface area (Å²) in [5, 5.41) is 9.39. The number of halogens is 1. The van der Waals surface area contributed by atoms with Crippen molar-refractivity contribution < 1.29 is 61.8 Å². The van der Waals surface area contributed by atoms with Crippen LogP contribution >= 0.6 is 24.0 Å². The van der Waals surface area contributed by atoms with Crippen LogP contribution in [0.4, 0.5) is 0 Å². The van der Waals surface area contributed by atoms with E-state index < -0.39 is 0 Å². The van der Waals surface area contributed by atoms with Crippen LogP contribution in [0.1, 0.15) is 157 Å². The predicted molar refractivity (Wildman–Crippen MR) is 194 cm³/mol.